The van der Waals surface area contributed by atoms with Gasteiger partial charge in [-0.05, 0) is 68.1 Å². The molecule has 1 fully saturated rings. The van der Waals surface area contributed by atoms with Gasteiger partial charge in [-0.1, -0.05) is 12.1 Å². The lowest BCUT2D eigenvalue weighted by atomic mass is 9.93. The van der Waals surface area contributed by atoms with Crippen LogP contribution >= 0.6 is 0 Å². The summed E-state index contributed by atoms with van der Waals surface area (Å²) in [6.07, 6.45) is 7.13. The van der Waals surface area contributed by atoms with E-state index >= 15 is 0 Å². The van der Waals surface area contributed by atoms with Crippen LogP contribution in [-0.4, -0.2) is 29.9 Å². The van der Waals surface area contributed by atoms with E-state index in [2.05, 4.69) is 20.9 Å². The van der Waals surface area contributed by atoms with Crippen molar-refractivity contribution in [2.75, 3.05) is 18.4 Å². The Morgan fingerprint density at radius 1 is 1.04 bits per heavy atom. The number of aromatic nitrogens is 1. The number of benzene rings is 1. The van der Waals surface area contributed by atoms with Gasteiger partial charge in [-0.15, -0.1) is 0 Å². The van der Waals surface area contributed by atoms with E-state index in [1.54, 1.807) is 36.7 Å². The molecule has 1 saturated heterocycles. The Labute approximate surface area is 159 Å². The molecule has 2 aromatic rings. The van der Waals surface area contributed by atoms with Gasteiger partial charge in [-0.3, -0.25) is 14.6 Å². The minimum absolute atomic E-state index is 0.0908. The Bertz CT molecular complexity index is 741. The highest BCUT2D eigenvalue weighted by atomic mass is 16.2. The zero-order valence-corrected chi connectivity index (χ0v) is 15.4. The molecule has 3 rings (SSSR count). The first-order chi connectivity index (χ1) is 13.2. The van der Waals surface area contributed by atoms with Crippen LogP contribution in [0.15, 0.2) is 48.8 Å². The minimum Gasteiger partial charge on any atom is -0.352 e. The first-order valence-electron chi connectivity index (χ1n) is 9.48. The normalized spacial score (nSPS) is 14.5. The average Bonchev–Trinajstić information content (AvgIpc) is 2.72. The third kappa shape index (κ3) is 6.18. The van der Waals surface area contributed by atoms with E-state index in [1.807, 2.05) is 12.1 Å². The lowest BCUT2D eigenvalue weighted by molar-refractivity contribution is -0.121. The smallest absolute Gasteiger partial charge is 0.255 e. The molecule has 142 valence electrons. The highest BCUT2D eigenvalue weighted by Gasteiger charge is 2.14. The van der Waals surface area contributed by atoms with Gasteiger partial charge in [-0.2, -0.15) is 0 Å². The Hall–Kier alpha value is -2.73. The summed E-state index contributed by atoms with van der Waals surface area (Å²) in [5.41, 5.74) is 2.26. The van der Waals surface area contributed by atoms with Crippen molar-refractivity contribution in [1.82, 2.24) is 15.6 Å². The number of amides is 2. The largest absolute Gasteiger partial charge is 0.352 e. The first kappa shape index (κ1) is 19.0. The molecule has 6 nitrogen and oxygen atoms in total. The highest BCUT2D eigenvalue weighted by molar-refractivity contribution is 6.04. The number of carbonyl (C=O) groups is 2. The second-order valence-corrected chi connectivity index (χ2v) is 6.90. The summed E-state index contributed by atoms with van der Waals surface area (Å²) in [6, 6.07) is 10.8. The summed E-state index contributed by atoms with van der Waals surface area (Å²) in [4.78, 5) is 28.2. The maximum absolute atomic E-state index is 12.2. The van der Waals surface area contributed by atoms with Gasteiger partial charge in [-0.25, -0.2) is 0 Å². The van der Waals surface area contributed by atoms with Gasteiger partial charge in [0, 0.05) is 36.6 Å². The van der Waals surface area contributed by atoms with Crippen LogP contribution in [0, 0.1) is 5.92 Å². The summed E-state index contributed by atoms with van der Waals surface area (Å²) in [6.45, 7) is 2.61. The predicted molar refractivity (Wildman–Crippen MR) is 105 cm³/mol. The van der Waals surface area contributed by atoms with E-state index in [9.17, 15) is 9.59 Å². The molecule has 0 radical (unpaired) electrons. The molecule has 1 aromatic carbocycles. The zero-order valence-electron chi connectivity index (χ0n) is 15.4. The molecule has 0 aliphatic carbocycles. The number of carbonyl (C=O) groups excluding carboxylic acids is 2. The van der Waals surface area contributed by atoms with E-state index in [-0.39, 0.29) is 11.8 Å². The first-order valence-corrected chi connectivity index (χ1v) is 9.48. The van der Waals surface area contributed by atoms with E-state index < -0.39 is 0 Å². The van der Waals surface area contributed by atoms with Gasteiger partial charge in [0.05, 0.1) is 0 Å². The number of hydrogen-bond donors (Lipinski definition) is 3. The number of nitrogens with zero attached hydrogens (tertiary/aromatic N) is 1. The molecule has 6 heteroatoms. The fourth-order valence-corrected chi connectivity index (χ4v) is 3.21. The number of piperidine rings is 1. The van der Waals surface area contributed by atoms with Crippen molar-refractivity contribution >= 4 is 17.5 Å². The van der Waals surface area contributed by atoms with Crippen LogP contribution in [0.2, 0.25) is 0 Å². The van der Waals surface area contributed by atoms with Gasteiger partial charge < -0.3 is 16.0 Å². The molecule has 1 aromatic heterocycles. The molecule has 27 heavy (non-hydrogen) atoms. The summed E-state index contributed by atoms with van der Waals surface area (Å²) < 4.78 is 0. The monoisotopic (exact) mass is 366 g/mol. The van der Waals surface area contributed by atoms with Crippen molar-refractivity contribution in [3.63, 3.8) is 0 Å². The summed E-state index contributed by atoms with van der Waals surface area (Å²) in [7, 11) is 0. The Morgan fingerprint density at radius 3 is 2.44 bits per heavy atom. The fourth-order valence-electron chi connectivity index (χ4n) is 3.21. The van der Waals surface area contributed by atoms with Crippen LogP contribution in [0.3, 0.4) is 0 Å². The Balaban J connectivity index is 1.41. The SMILES string of the molecule is O=C(CCC1CCNCC1)NCc1ccc(C(=O)Nc2ccncc2)cc1. The van der Waals surface area contributed by atoms with Crippen molar-refractivity contribution in [1.29, 1.82) is 0 Å². The number of hydrogen-bond acceptors (Lipinski definition) is 4. The van der Waals surface area contributed by atoms with Crippen LogP contribution < -0.4 is 16.0 Å². The number of anilines is 1. The number of nitrogens with one attached hydrogen (secondary N) is 3. The van der Waals surface area contributed by atoms with Gasteiger partial charge in [0.15, 0.2) is 0 Å². The zero-order chi connectivity index (χ0) is 18.9. The van der Waals surface area contributed by atoms with Gasteiger partial charge in [0.1, 0.15) is 0 Å². The topological polar surface area (TPSA) is 83.1 Å². The Morgan fingerprint density at radius 2 is 1.74 bits per heavy atom. The third-order valence-electron chi connectivity index (χ3n) is 4.88. The van der Waals surface area contributed by atoms with Gasteiger partial charge in [0.2, 0.25) is 5.91 Å². The summed E-state index contributed by atoms with van der Waals surface area (Å²) in [5, 5.41) is 9.13. The predicted octanol–water partition coefficient (Wildman–Crippen LogP) is 2.73. The second kappa shape index (κ2) is 9.83. The van der Waals surface area contributed by atoms with Crippen molar-refractivity contribution < 1.29 is 9.59 Å². The standard InChI is InChI=1S/C21H26N4O2/c26-20(6-3-16-7-11-22-12-8-16)24-15-17-1-4-18(5-2-17)21(27)25-19-9-13-23-14-10-19/h1-2,4-5,9-10,13-14,16,22H,3,6-8,11-12,15H2,(H,24,26)(H,23,25,27). The molecule has 2 heterocycles. The van der Waals surface area contributed by atoms with Crippen molar-refractivity contribution in [3.8, 4) is 0 Å². The third-order valence-corrected chi connectivity index (χ3v) is 4.88. The Kier molecular flexibility index (Phi) is 6.93. The fraction of sp³-hybridized carbons (Fsp3) is 0.381. The van der Waals surface area contributed by atoms with Crippen LogP contribution in [0.25, 0.3) is 0 Å². The number of pyridine rings is 1. The van der Waals surface area contributed by atoms with Gasteiger partial charge in [0.25, 0.3) is 5.91 Å². The molecular formula is C21H26N4O2. The molecule has 0 bridgehead atoms. The second-order valence-electron chi connectivity index (χ2n) is 6.90. The molecule has 2 amide bonds. The summed E-state index contributed by atoms with van der Waals surface area (Å²) in [5.74, 6) is 0.585. The average molecular weight is 366 g/mol. The van der Waals surface area contributed by atoms with E-state index in [0.29, 0.717) is 30.1 Å². The van der Waals surface area contributed by atoms with Crippen LogP contribution in [0.1, 0.15) is 41.6 Å². The van der Waals surface area contributed by atoms with E-state index in [0.717, 1.165) is 37.9 Å². The molecule has 0 unspecified atom stereocenters. The molecule has 0 spiro atoms. The molecular weight excluding hydrogens is 340 g/mol. The van der Waals surface area contributed by atoms with Crippen LogP contribution in [0.4, 0.5) is 5.69 Å². The molecule has 1 aliphatic heterocycles. The number of rotatable bonds is 7. The summed E-state index contributed by atoms with van der Waals surface area (Å²) >= 11 is 0. The van der Waals surface area contributed by atoms with Crippen LogP contribution in [0.5, 0.6) is 0 Å². The molecule has 0 atom stereocenters. The lowest BCUT2D eigenvalue weighted by Gasteiger charge is -2.22. The van der Waals surface area contributed by atoms with Crippen LogP contribution in [-0.2, 0) is 11.3 Å². The van der Waals surface area contributed by atoms with E-state index in [4.69, 9.17) is 0 Å². The molecule has 1 aliphatic rings. The molecule has 3 N–H and O–H groups in total. The maximum Gasteiger partial charge on any atom is 0.255 e. The van der Waals surface area contributed by atoms with Crippen molar-refractivity contribution in [3.05, 3.63) is 59.9 Å². The van der Waals surface area contributed by atoms with Gasteiger partial charge >= 0.3 is 0 Å². The van der Waals surface area contributed by atoms with E-state index in [1.165, 1.54) is 0 Å². The lowest BCUT2D eigenvalue weighted by Crippen LogP contribution is -2.29. The maximum atomic E-state index is 12.2. The minimum atomic E-state index is -0.168. The quantitative estimate of drug-likeness (QED) is 0.704. The van der Waals surface area contributed by atoms with Crippen molar-refractivity contribution in [2.24, 2.45) is 5.92 Å². The van der Waals surface area contributed by atoms with Crippen molar-refractivity contribution in [2.45, 2.75) is 32.2 Å². The molecule has 0 saturated carbocycles. The highest BCUT2D eigenvalue weighted by Crippen LogP contribution is 2.17.